The Morgan fingerprint density at radius 1 is 1.11 bits per heavy atom. The van der Waals surface area contributed by atoms with E-state index in [2.05, 4.69) is 12.2 Å². The molecule has 2 N–H and O–H groups in total. The van der Waals surface area contributed by atoms with Crippen LogP contribution in [0.25, 0.3) is 0 Å². The molecular weight excluding hydrogens is 238 g/mol. The van der Waals surface area contributed by atoms with Crippen LogP contribution in [-0.4, -0.2) is 23.7 Å². The highest BCUT2D eigenvalue weighted by Gasteiger charge is 2.28. The van der Waals surface area contributed by atoms with Crippen LogP contribution in [0.4, 0.5) is 0 Å². The summed E-state index contributed by atoms with van der Waals surface area (Å²) in [5.74, 6) is 0.901. The van der Waals surface area contributed by atoms with Crippen molar-refractivity contribution in [1.29, 1.82) is 0 Å². The minimum atomic E-state index is -0.593. The Hall–Kier alpha value is -0.570. The molecule has 0 aliphatic heterocycles. The van der Waals surface area contributed by atoms with Gasteiger partial charge in [-0.05, 0) is 56.9 Å². The number of carbonyl (C=O) groups is 1. The van der Waals surface area contributed by atoms with Crippen LogP contribution in [-0.2, 0) is 4.79 Å². The molecule has 0 amide bonds. The van der Waals surface area contributed by atoms with Crippen LogP contribution in [0.5, 0.6) is 0 Å². The molecule has 0 saturated heterocycles. The molecule has 2 fully saturated rings. The van der Waals surface area contributed by atoms with Crippen LogP contribution in [0.1, 0.15) is 64.7 Å². The molecule has 19 heavy (non-hydrogen) atoms. The molecule has 0 radical (unpaired) electrons. The normalized spacial score (nSPS) is 36.1. The Labute approximate surface area is 117 Å². The SMILES string of the molecule is CCC1CCCCC1NCC1CCC(C(=O)O)CC1. The second kappa shape index (κ2) is 7.28. The van der Waals surface area contributed by atoms with Crippen LogP contribution in [0, 0.1) is 17.8 Å². The lowest BCUT2D eigenvalue weighted by molar-refractivity contribution is -0.143. The molecule has 3 heteroatoms. The first-order valence-corrected chi connectivity index (χ1v) is 8.17. The van der Waals surface area contributed by atoms with Gasteiger partial charge in [-0.1, -0.05) is 26.2 Å². The van der Waals surface area contributed by atoms with Gasteiger partial charge in [-0.3, -0.25) is 4.79 Å². The van der Waals surface area contributed by atoms with E-state index in [-0.39, 0.29) is 5.92 Å². The zero-order chi connectivity index (χ0) is 13.7. The molecule has 0 aromatic carbocycles. The molecule has 0 aromatic heterocycles. The summed E-state index contributed by atoms with van der Waals surface area (Å²) in [6.45, 7) is 3.41. The summed E-state index contributed by atoms with van der Waals surface area (Å²) in [6.07, 6.45) is 10.7. The minimum Gasteiger partial charge on any atom is -0.481 e. The fourth-order valence-corrected chi connectivity index (χ4v) is 3.90. The van der Waals surface area contributed by atoms with Gasteiger partial charge in [-0.25, -0.2) is 0 Å². The van der Waals surface area contributed by atoms with E-state index in [0.717, 1.165) is 44.2 Å². The van der Waals surface area contributed by atoms with Gasteiger partial charge in [0, 0.05) is 6.04 Å². The molecule has 110 valence electrons. The highest BCUT2D eigenvalue weighted by Crippen LogP contribution is 2.30. The maximum absolute atomic E-state index is 10.9. The highest BCUT2D eigenvalue weighted by atomic mass is 16.4. The lowest BCUT2D eigenvalue weighted by Gasteiger charge is -2.34. The smallest absolute Gasteiger partial charge is 0.306 e. The van der Waals surface area contributed by atoms with E-state index in [1.54, 1.807) is 0 Å². The molecule has 2 atom stereocenters. The molecule has 2 aliphatic carbocycles. The van der Waals surface area contributed by atoms with Crippen molar-refractivity contribution in [3.8, 4) is 0 Å². The topological polar surface area (TPSA) is 49.3 Å². The van der Waals surface area contributed by atoms with Gasteiger partial charge in [0.15, 0.2) is 0 Å². The molecule has 0 spiro atoms. The Kier molecular flexibility index (Phi) is 5.68. The molecule has 0 heterocycles. The lowest BCUT2D eigenvalue weighted by atomic mass is 9.80. The van der Waals surface area contributed by atoms with E-state index in [1.807, 2.05) is 0 Å². The first-order valence-electron chi connectivity index (χ1n) is 8.17. The van der Waals surface area contributed by atoms with Gasteiger partial charge >= 0.3 is 5.97 Å². The van der Waals surface area contributed by atoms with E-state index >= 15 is 0 Å². The van der Waals surface area contributed by atoms with Crippen molar-refractivity contribution in [2.45, 2.75) is 70.8 Å². The lowest BCUT2D eigenvalue weighted by Crippen LogP contribution is -2.41. The maximum Gasteiger partial charge on any atom is 0.306 e. The number of aliphatic carboxylic acids is 1. The summed E-state index contributed by atoms with van der Waals surface area (Å²) in [5.41, 5.74) is 0. The van der Waals surface area contributed by atoms with Crippen LogP contribution in [0.15, 0.2) is 0 Å². The Bertz CT molecular complexity index is 284. The third kappa shape index (κ3) is 4.20. The van der Waals surface area contributed by atoms with E-state index < -0.39 is 5.97 Å². The van der Waals surface area contributed by atoms with E-state index in [0.29, 0.717) is 5.92 Å². The van der Waals surface area contributed by atoms with Crippen molar-refractivity contribution >= 4 is 5.97 Å². The predicted molar refractivity (Wildman–Crippen MR) is 77.1 cm³/mol. The first kappa shape index (κ1) is 14.8. The average Bonchev–Trinajstić information content (AvgIpc) is 2.45. The number of carboxylic acids is 1. The van der Waals surface area contributed by atoms with Crippen molar-refractivity contribution < 1.29 is 9.90 Å². The van der Waals surface area contributed by atoms with Crippen LogP contribution < -0.4 is 5.32 Å². The molecule has 2 unspecified atom stereocenters. The number of hydrogen-bond donors (Lipinski definition) is 2. The molecular formula is C16H29NO2. The predicted octanol–water partition coefficient (Wildman–Crippen LogP) is 3.44. The average molecular weight is 267 g/mol. The fourth-order valence-electron chi connectivity index (χ4n) is 3.90. The summed E-state index contributed by atoms with van der Waals surface area (Å²) >= 11 is 0. The number of rotatable bonds is 5. The Balaban J connectivity index is 1.69. The number of carboxylic acid groups (broad SMARTS) is 1. The van der Waals surface area contributed by atoms with Gasteiger partial charge in [0.05, 0.1) is 5.92 Å². The summed E-state index contributed by atoms with van der Waals surface area (Å²) < 4.78 is 0. The third-order valence-corrected chi connectivity index (χ3v) is 5.30. The summed E-state index contributed by atoms with van der Waals surface area (Å²) in [5, 5.41) is 12.8. The van der Waals surface area contributed by atoms with Crippen molar-refractivity contribution in [2.24, 2.45) is 17.8 Å². The zero-order valence-corrected chi connectivity index (χ0v) is 12.2. The van der Waals surface area contributed by atoms with E-state index in [1.165, 1.54) is 32.1 Å². The van der Waals surface area contributed by atoms with Crippen molar-refractivity contribution in [1.82, 2.24) is 5.32 Å². The molecule has 2 aliphatic rings. The maximum atomic E-state index is 10.9. The van der Waals surface area contributed by atoms with Gasteiger partial charge in [0.2, 0.25) is 0 Å². The summed E-state index contributed by atoms with van der Waals surface area (Å²) in [6, 6.07) is 0.718. The third-order valence-electron chi connectivity index (χ3n) is 5.30. The fraction of sp³-hybridized carbons (Fsp3) is 0.938. The van der Waals surface area contributed by atoms with E-state index in [9.17, 15) is 4.79 Å². The summed E-state index contributed by atoms with van der Waals surface area (Å²) in [7, 11) is 0. The van der Waals surface area contributed by atoms with Gasteiger partial charge in [0.25, 0.3) is 0 Å². The van der Waals surface area contributed by atoms with Gasteiger partial charge < -0.3 is 10.4 Å². The first-order chi connectivity index (χ1) is 9.20. The van der Waals surface area contributed by atoms with Crippen molar-refractivity contribution in [3.05, 3.63) is 0 Å². The molecule has 0 bridgehead atoms. The second-order valence-corrected chi connectivity index (χ2v) is 6.52. The van der Waals surface area contributed by atoms with Crippen molar-refractivity contribution in [3.63, 3.8) is 0 Å². The van der Waals surface area contributed by atoms with Crippen molar-refractivity contribution in [2.75, 3.05) is 6.54 Å². The number of hydrogen-bond acceptors (Lipinski definition) is 2. The zero-order valence-electron chi connectivity index (χ0n) is 12.2. The van der Waals surface area contributed by atoms with Gasteiger partial charge in [0.1, 0.15) is 0 Å². The van der Waals surface area contributed by atoms with Crippen LogP contribution in [0.3, 0.4) is 0 Å². The minimum absolute atomic E-state index is 0.0747. The molecule has 0 aromatic rings. The quantitative estimate of drug-likeness (QED) is 0.802. The molecule has 2 saturated carbocycles. The largest absolute Gasteiger partial charge is 0.481 e. The molecule has 3 nitrogen and oxygen atoms in total. The monoisotopic (exact) mass is 267 g/mol. The second-order valence-electron chi connectivity index (χ2n) is 6.52. The van der Waals surface area contributed by atoms with Gasteiger partial charge in [-0.2, -0.15) is 0 Å². The number of nitrogens with one attached hydrogen (secondary N) is 1. The highest BCUT2D eigenvalue weighted by molar-refractivity contribution is 5.69. The van der Waals surface area contributed by atoms with Crippen LogP contribution in [0.2, 0.25) is 0 Å². The van der Waals surface area contributed by atoms with E-state index in [4.69, 9.17) is 5.11 Å². The Morgan fingerprint density at radius 3 is 2.42 bits per heavy atom. The summed E-state index contributed by atoms with van der Waals surface area (Å²) in [4.78, 5) is 10.9. The Morgan fingerprint density at radius 2 is 1.79 bits per heavy atom. The van der Waals surface area contributed by atoms with Crippen LogP contribution >= 0.6 is 0 Å². The standard InChI is InChI=1S/C16H29NO2/c1-2-13-5-3-4-6-15(13)17-11-12-7-9-14(10-8-12)16(18)19/h12-15,17H,2-11H2,1H3,(H,18,19). The molecule has 2 rings (SSSR count). The van der Waals surface area contributed by atoms with Gasteiger partial charge in [-0.15, -0.1) is 0 Å².